The summed E-state index contributed by atoms with van der Waals surface area (Å²) in [4.78, 5) is 11.1. The van der Waals surface area contributed by atoms with Gasteiger partial charge in [0.2, 0.25) is 16.0 Å². The lowest BCUT2D eigenvalue weighted by Crippen LogP contribution is -2.33. The van der Waals surface area contributed by atoms with Crippen molar-refractivity contribution in [3.63, 3.8) is 0 Å². The van der Waals surface area contributed by atoms with Crippen molar-refractivity contribution in [2.45, 2.75) is 44.3 Å². The number of anilines is 5. The Bertz CT molecular complexity index is 1430. The zero-order chi connectivity index (χ0) is 27.7. The summed E-state index contributed by atoms with van der Waals surface area (Å²) >= 11 is 8.36. The molecule has 0 aliphatic carbocycles. The molecule has 3 N–H and O–H groups in total. The van der Waals surface area contributed by atoms with Gasteiger partial charge in [-0.1, -0.05) is 17.7 Å². The van der Waals surface area contributed by atoms with Crippen molar-refractivity contribution in [2.75, 3.05) is 35.5 Å². The van der Waals surface area contributed by atoms with Crippen LogP contribution in [0.2, 0.25) is 5.02 Å². The number of aromatic nitrogens is 2. The monoisotopic (exact) mass is 672 g/mol. The number of piperidine rings is 1. The fourth-order valence-electron chi connectivity index (χ4n) is 4.02. The Morgan fingerprint density at radius 3 is 2.39 bits per heavy atom. The maximum atomic E-state index is 15.0. The van der Waals surface area contributed by atoms with Gasteiger partial charge in [-0.3, -0.25) is 4.72 Å². The predicted molar refractivity (Wildman–Crippen MR) is 161 cm³/mol. The molecule has 1 fully saturated rings. The minimum Gasteiger partial charge on any atom is -0.339 e. The van der Waals surface area contributed by atoms with Crippen LogP contribution in [-0.2, 0) is 10.0 Å². The molecule has 0 saturated carbocycles. The molecule has 204 valence electrons. The number of nitrogens with zero attached hydrogens (tertiary/aromatic N) is 3. The normalized spacial score (nSPS) is 15.3. The number of benzene rings is 2. The topological polar surface area (TPSA) is 99.2 Å². The Labute approximate surface area is 242 Å². The molecule has 12 heteroatoms. The molecule has 3 aromatic rings. The van der Waals surface area contributed by atoms with E-state index in [4.69, 9.17) is 11.6 Å². The highest BCUT2D eigenvalue weighted by Crippen LogP contribution is 2.33. The number of nitrogens with one attached hydrogen (secondary N) is 3. The number of hydrogen-bond acceptors (Lipinski definition) is 7. The number of halogens is 3. The summed E-state index contributed by atoms with van der Waals surface area (Å²) in [6.45, 7) is 6.76. The first-order chi connectivity index (χ1) is 17.8. The molecule has 1 aromatic heterocycles. The summed E-state index contributed by atoms with van der Waals surface area (Å²) < 4.78 is 42.5. The molecule has 0 radical (unpaired) electrons. The lowest BCUT2D eigenvalue weighted by molar-refractivity contribution is 0.253. The molecule has 0 unspecified atom stereocenters. The largest absolute Gasteiger partial charge is 0.339 e. The quantitative estimate of drug-likeness (QED) is 0.240. The van der Waals surface area contributed by atoms with Crippen molar-refractivity contribution in [3.05, 3.63) is 62.6 Å². The molecule has 2 heterocycles. The first-order valence-corrected chi connectivity index (χ1v) is 15.1. The highest BCUT2D eigenvalue weighted by atomic mass is 127. The van der Waals surface area contributed by atoms with E-state index in [0.29, 0.717) is 23.1 Å². The van der Waals surface area contributed by atoms with Crippen LogP contribution < -0.4 is 15.4 Å². The zero-order valence-electron chi connectivity index (χ0n) is 21.6. The van der Waals surface area contributed by atoms with Gasteiger partial charge >= 0.3 is 0 Å². The fraction of sp³-hybridized carbons (Fsp3) is 0.385. The Balaban J connectivity index is 1.51. The minimum absolute atomic E-state index is 0.225. The molecule has 0 bridgehead atoms. The molecular formula is C26H31ClFIN6O2S. The van der Waals surface area contributed by atoms with E-state index in [1.165, 1.54) is 6.07 Å². The number of rotatable bonds is 7. The second-order valence-corrected chi connectivity index (χ2v) is 14.4. The smallest absolute Gasteiger partial charge is 0.237 e. The maximum absolute atomic E-state index is 15.0. The summed E-state index contributed by atoms with van der Waals surface area (Å²) in [5.41, 5.74) is 2.14. The zero-order valence-corrected chi connectivity index (χ0v) is 25.4. The van der Waals surface area contributed by atoms with E-state index in [1.54, 1.807) is 45.2 Å². The van der Waals surface area contributed by atoms with Gasteiger partial charge in [-0.2, -0.15) is 4.98 Å². The second-order valence-electron chi connectivity index (χ2n) is 10.4. The van der Waals surface area contributed by atoms with Gasteiger partial charge in [0.25, 0.3) is 0 Å². The van der Waals surface area contributed by atoms with Crippen LogP contribution in [-0.4, -0.2) is 48.2 Å². The van der Waals surface area contributed by atoms with Crippen molar-refractivity contribution >= 4 is 73.0 Å². The van der Waals surface area contributed by atoms with Gasteiger partial charge < -0.3 is 15.5 Å². The van der Waals surface area contributed by atoms with Crippen molar-refractivity contribution in [1.82, 2.24) is 14.9 Å². The number of hydrogen-bond donors (Lipinski definition) is 3. The van der Waals surface area contributed by atoms with E-state index >= 15 is 0 Å². The summed E-state index contributed by atoms with van der Waals surface area (Å²) in [5, 5.41) is 6.54. The first-order valence-electron chi connectivity index (χ1n) is 12.2. The Morgan fingerprint density at radius 1 is 1.08 bits per heavy atom. The van der Waals surface area contributed by atoms with Crippen LogP contribution in [0.4, 0.5) is 33.2 Å². The van der Waals surface area contributed by atoms with Gasteiger partial charge in [0.15, 0.2) is 0 Å². The standard InChI is InChI=1S/C26H31ClFIN6O2S/c1-26(2,3)38(36,37)34-23-14-18(6-8-20(23)27)31-24-22(29)15-30-25(33-24)32-17-5-7-19(21(28)13-17)16-9-11-35(4)12-10-16/h5-8,13-16,34H,9-12H2,1-4H3,(H2,30,31,32,33). The molecule has 4 rings (SSSR count). The van der Waals surface area contributed by atoms with E-state index in [1.807, 2.05) is 12.1 Å². The maximum Gasteiger partial charge on any atom is 0.237 e. The number of sulfonamides is 1. The summed E-state index contributed by atoms with van der Waals surface area (Å²) in [6, 6.07) is 10.1. The lowest BCUT2D eigenvalue weighted by atomic mass is 9.89. The molecule has 0 atom stereocenters. The lowest BCUT2D eigenvalue weighted by Gasteiger charge is -2.29. The fourth-order valence-corrected chi connectivity index (χ4v) is 5.40. The Kier molecular flexibility index (Phi) is 8.70. The van der Waals surface area contributed by atoms with Crippen LogP contribution >= 0.6 is 34.2 Å². The average Bonchev–Trinajstić information content (AvgIpc) is 2.83. The third-order valence-electron chi connectivity index (χ3n) is 6.44. The highest BCUT2D eigenvalue weighted by Gasteiger charge is 2.29. The summed E-state index contributed by atoms with van der Waals surface area (Å²) in [5.74, 6) is 0.781. The van der Waals surface area contributed by atoms with Crippen molar-refractivity contribution in [2.24, 2.45) is 0 Å². The van der Waals surface area contributed by atoms with Crippen molar-refractivity contribution in [3.8, 4) is 0 Å². The van der Waals surface area contributed by atoms with Crippen molar-refractivity contribution in [1.29, 1.82) is 0 Å². The van der Waals surface area contributed by atoms with Gasteiger partial charge in [0, 0.05) is 17.6 Å². The van der Waals surface area contributed by atoms with Gasteiger partial charge in [-0.15, -0.1) is 0 Å². The highest BCUT2D eigenvalue weighted by molar-refractivity contribution is 14.1. The molecular weight excluding hydrogens is 642 g/mol. The van der Waals surface area contributed by atoms with E-state index in [-0.39, 0.29) is 22.4 Å². The molecule has 0 amide bonds. The van der Waals surface area contributed by atoms with Crippen LogP contribution in [0.15, 0.2) is 42.6 Å². The van der Waals surface area contributed by atoms with Crippen LogP contribution in [0.5, 0.6) is 0 Å². The third-order valence-corrected chi connectivity index (χ3v) is 9.66. The molecule has 8 nitrogen and oxygen atoms in total. The molecule has 1 aliphatic heterocycles. The SMILES string of the molecule is CN1CCC(c2ccc(Nc3ncc(I)c(Nc4ccc(Cl)c(NS(=O)(=O)C(C)(C)C)c4)n3)cc2F)CC1. The van der Waals surface area contributed by atoms with E-state index in [0.717, 1.165) is 35.1 Å². The predicted octanol–water partition coefficient (Wildman–Crippen LogP) is 6.71. The second kappa shape index (κ2) is 11.5. The molecule has 1 saturated heterocycles. The summed E-state index contributed by atoms with van der Waals surface area (Å²) in [7, 11) is -1.57. The van der Waals surface area contributed by atoms with Gasteiger partial charge in [0.05, 0.1) is 19.0 Å². The Hall–Kier alpha value is -2.22. The van der Waals surface area contributed by atoms with Crippen molar-refractivity contribution < 1.29 is 12.8 Å². The van der Waals surface area contributed by atoms with Crippen LogP contribution in [0.25, 0.3) is 0 Å². The third kappa shape index (κ3) is 6.85. The average molecular weight is 673 g/mol. The molecule has 38 heavy (non-hydrogen) atoms. The van der Waals surface area contributed by atoms with E-state index in [2.05, 4.69) is 59.9 Å². The van der Waals surface area contributed by atoms with Gasteiger partial charge in [-0.25, -0.2) is 17.8 Å². The number of likely N-dealkylation sites (tertiary alicyclic amines) is 1. The van der Waals surface area contributed by atoms with Crippen LogP contribution in [0.3, 0.4) is 0 Å². The molecule has 0 spiro atoms. The molecule has 1 aliphatic rings. The first kappa shape index (κ1) is 28.8. The van der Waals surface area contributed by atoms with Gasteiger partial charge in [0.1, 0.15) is 11.6 Å². The Morgan fingerprint density at radius 2 is 1.74 bits per heavy atom. The summed E-state index contributed by atoms with van der Waals surface area (Å²) in [6.07, 6.45) is 3.53. The van der Waals surface area contributed by atoms with Crippen LogP contribution in [0.1, 0.15) is 45.1 Å². The molecule has 2 aromatic carbocycles. The minimum atomic E-state index is -3.66. The van der Waals surface area contributed by atoms with E-state index < -0.39 is 14.8 Å². The van der Waals surface area contributed by atoms with E-state index in [9.17, 15) is 12.8 Å². The van der Waals surface area contributed by atoms with Crippen LogP contribution in [0, 0.1) is 9.39 Å². The van der Waals surface area contributed by atoms with Gasteiger partial charge in [-0.05, 0) is 118 Å².